The molecule has 0 bridgehead atoms. The predicted octanol–water partition coefficient (Wildman–Crippen LogP) is 2.81. The van der Waals surface area contributed by atoms with E-state index in [-0.39, 0.29) is 0 Å². The Morgan fingerprint density at radius 3 is 2.32 bits per heavy atom. The number of carboxylic acids is 1. The quantitative estimate of drug-likeness (QED) is 0.710. The van der Waals surface area contributed by atoms with Crippen molar-refractivity contribution >= 4 is 16.9 Å². The van der Waals surface area contributed by atoms with Crippen molar-refractivity contribution in [1.29, 1.82) is 0 Å². The molecule has 3 aromatic rings. The van der Waals surface area contributed by atoms with Gasteiger partial charge in [0.05, 0.1) is 5.56 Å². The highest BCUT2D eigenvalue weighted by molar-refractivity contribution is 5.87. The summed E-state index contributed by atoms with van der Waals surface area (Å²) in [7, 11) is 0. The largest absolute Gasteiger partial charge is 0.478 e. The molecule has 0 saturated carbocycles. The summed E-state index contributed by atoms with van der Waals surface area (Å²) in [5.74, 6) is -0.908. The van der Waals surface area contributed by atoms with Crippen LogP contribution in [0, 0.1) is 0 Å². The summed E-state index contributed by atoms with van der Waals surface area (Å²) >= 11 is 0. The van der Waals surface area contributed by atoms with Gasteiger partial charge in [-0.2, -0.15) is 4.57 Å². The van der Waals surface area contributed by atoms with Crippen LogP contribution in [-0.2, 0) is 0 Å². The number of fused-ring (bicyclic) bond motifs is 1. The van der Waals surface area contributed by atoms with Crippen LogP contribution in [-0.4, -0.2) is 11.1 Å². The van der Waals surface area contributed by atoms with Crippen molar-refractivity contribution in [3.8, 4) is 5.69 Å². The molecule has 0 aliphatic rings. The lowest BCUT2D eigenvalue weighted by Gasteiger charge is -2.00. The summed E-state index contributed by atoms with van der Waals surface area (Å²) in [6, 6.07) is 19.0. The fourth-order valence-corrected chi connectivity index (χ4v) is 2.15. The van der Waals surface area contributed by atoms with E-state index >= 15 is 0 Å². The Kier molecular flexibility index (Phi) is 2.72. The number of aromatic nitrogens is 1. The fourth-order valence-electron chi connectivity index (χ4n) is 2.15. The number of aromatic carboxylic acids is 1. The molecule has 0 amide bonds. The summed E-state index contributed by atoms with van der Waals surface area (Å²) < 4.78 is 2.04. The molecule has 0 aliphatic heterocycles. The van der Waals surface area contributed by atoms with Crippen molar-refractivity contribution in [1.82, 2.24) is 0 Å². The van der Waals surface area contributed by atoms with Crippen molar-refractivity contribution in [3.05, 3.63) is 72.4 Å². The van der Waals surface area contributed by atoms with Gasteiger partial charge in [-0.05, 0) is 24.3 Å². The number of benzene rings is 2. The Morgan fingerprint density at radius 1 is 0.895 bits per heavy atom. The fraction of sp³-hybridized carbons (Fsp3) is 0. The molecule has 0 radical (unpaired) electrons. The van der Waals surface area contributed by atoms with Gasteiger partial charge in [0, 0.05) is 29.7 Å². The van der Waals surface area contributed by atoms with Gasteiger partial charge in [0.2, 0.25) is 11.2 Å². The molecule has 0 unspecified atom stereocenters. The maximum absolute atomic E-state index is 10.9. The number of carboxylic acid groups (broad SMARTS) is 1. The standard InChI is InChI=1S/C16H11NO2/c18-16(19)13-7-9-14(10-8-13)17-11-3-5-12-4-1-2-6-15(12)17/h1-11H/p+1. The van der Waals surface area contributed by atoms with Crippen LogP contribution in [0.2, 0.25) is 0 Å². The van der Waals surface area contributed by atoms with Crippen molar-refractivity contribution in [3.63, 3.8) is 0 Å². The first-order valence-corrected chi connectivity index (χ1v) is 5.99. The van der Waals surface area contributed by atoms with Gasteiger partial charge in [-0.15, -0.1) is 0 Å². The van der Waals surface area contributed by atoms with Crippen LogP contribution in [0.3, 0.4) is 0 Å². The Morgan fingerprint density at radius 2 is 1.58 bits per heavy atom. The highest BCUT2D eigenvalue weighted by atomic mass is 16.4. The van der Waals surface area contributed by atoms with Crippen LogP contribution < -0.4 is 4.57 Å². The zero-order chi connectivity index (χ0) is 13.2. The van der Waals surface area contributed by atoms with E-state index in [0.717, 1.165) is 16.6 Å². The van der Waals surface area contributed by atoms with Crippen LogP contribution in [0.5, 0.6) is 0 Å². The summed E-state index contributed by atoms with van der Waals surface area (Å²) in [6.07, 6.45) is 1.97. The molecule has 1 N–H and O–H groups in total. The van der Waals surface area contributed by atoms with Crippen LogP contribution in [0.15, 0.2) is 66.9 Å². The van der Waals surface area contributed by atoms with Gasteiger partial charge >= 0.3 is 5.97 Å². The van der Waals surface area contributed by atoms with Gasteiger partial charge in [0.1, 0.15) is 0 Å². The second-order valence-corrected chi connectivity index (χ2v) is 4.29. The van der Waals surface area contributed by atoms with Gasteiger partial charge in [0.15, 0.2) is 6.20 Å². The van der Waals surface area contributed by atoms with Crippen molar-refractivity contribution in [2.75, 3.05) is 0 Å². The molecule has 3 rings (SSSR count). The molecule has 0 saturated heterocycles. The molecule has 0 atom stereocenters. The minimum absolute atomic E-state index is 0.296. The van der Waals surface area contributed by atoms with Crippen molar-refractivity contribution in [2.24, 2.45) is 0 Å². The monoisotopic (exact) mass is 250 g/mol. The predicted molar refractivity (Wildman–Crippen MR) is 72.4 cm³/mol. The highest BCUT2D eigenvalue weighted by Crippen LogP contribution is 2.11. The number of carbonyl (C=O) groups is 1. The number of pyridine rings is 1. The third-order valence-electron chi connectivity index (χ3n) is 3.10. The van der Waals surface area contributed by atoms with Gasteiger partial charge in [-0.1, -0.05) is 12.1 Å². The molecule has 2 aromatic carbocycles. The van der Waals surface area contributed by atoms with E-state index in [9.17, 15) is 4.79 Å². The average molecular weight is 250 g/mol. The Balaban J connectivity index is 2.16. The van der Waals surface area contributed by atoms with Crippen molar-refractivity contribution in [2.45, 2.75) is 0 Å². The maximum Gasteiger partial charge on any atom is 0.335 e. The third kappa shape index (κ3) is 2.06. The first-order chi connectivity index (χ1) is 9.25. The molecule has 1 heterocycles. The number of hydrogen-bond donors (Lipinski definition) is 1. The number of para-hydroxylation sites is 1. The Bertz CT molecular complexity index is 743. The summed E-state index contributed by atoms with van der Waals surface area (Å²) in [4.78, 5) is 10.9. The average Bonchev–Trinajstić information content (AvgIpc) is 2.47. The zero-order valence-electron chi connectivity index (χ0n) is 10.2. The van der Waals surface area contributed by atoms with Gasteiger partial charge < -0.3 is 5.11 Å². The van der Waals surface area contributed by atoms with Crippen LogP contribution in [0.4, 0.5) is 0 Å². The molecule has 0 spiro atoms. The first-order valence-electron chi connectivity index (χ1n) is 5.99. The van der Waals surface area contributed by atoms with Gasteiger partial charge in [0.25, 0.3) is 0 Å². The van der Waals surface area contributed by atoms with E-state index in [0.29, 0.717) is 5.56 Å². The van der Waals surface area contributed by atoms with E-state index < -0.39 is 5.97 Å². The van der Waals surface area contributed by atoms with Crippen LogP contribution >= 0.6 is 0 Å². The molecule has 3 heteroatoms. The lowest BCUT2D eigenvalue weighted by atomic mass is 10.1. The molecule has 0 fully saturated rings. The lowest BCUT2D eigenvalue weighted by molar-refractivity contribution is -0.567. The Hall–Kier alpha value is -2.68. The van der Waals surface area contributed by atoms with E-state index in [2.05, 4.69) is 12.1 Å². The Labute approximate surface area is 110 Å². The van der Waals surface area contributed by atoms with E-state index in [4.69, 9.17) is 5.11 Å². The SMILES string of the molecule is O=C(O)c1ccc(-[n+]2cccc3ccccc32)cc1. The molecule has 3 nitrogen and oxygen atoms in total. The number of rotatable bonds is 2. The van der Waals surface area contributed by atoms with E-state index in [1.807, 2.05) is 47.2 Å². The molecular weight excluding hydrogens is 238 g/mol. The maximum atomic E-state index is 10.9. The third-order valence-corrected chi connectivity index (χ3v) is 3.10. The number of hydrogen-bond acceptors (Lipinski definition) is 1. The molecular formula is C16H12NO2+. The number of nitrogens with zero attached hydrogens (tertiary/aromatic N) is 1. The molecule has 1 aromatic heterocycles. The van der Waals surface area contributed by atoms with E-state index in [1.165, 1.54) is 0 Å². The second kappa shape index (κ2) is 4.53. The van der Waals surface area contributed by atoms with Crippen molar-refractivity contribution < 1.29 is 14.5 Å². The lowest BCUT2D eigenvalue weighted by Crippen LogP contribution is -2.30. The first kappa shape index (κ1) is 11.4. The minimum Gasteiger partial charge on any atom is -0.478 e. The molecule has 92 valence electrons. The topological polar surface area (TPSA) is 41.2 Å². The minimum atomic E-state index is -0.908. The molecule has 19 heavy (non-hydrogen) atoms. The molecule has 0 aliphatic carbocycles. The smallest absolute Gasteiger partial charge is 0.335 e. The summed E-state index contributed by atoms with van der Waals surface area (Å²) in [6.45, 7) is 0. The van der Waals surface area contributed by atoms with Gasteiger partial charge in [-0.25, -0.2) is 4.79 Å². The van der Waals surface area contributed by atoms with Crippen LogP contribution in [0.25, 0.3) is 16.6 Å². The second-order valence-electron chi connectivity index (χ2n) is 4.29. The highest BCUT2D eigenvalue weighted by Gasteiger charge is 2.11. The summed E-state index contributed by atoms with van der Waals surface area (Å²) in [5, 5.41) is 10.1. The summed E-state index contributed by atoms with van der Waals surface area (Å²) in [5.41, 5.74) is 2.33. The normalized spacial score (nSPS) is 10.5. The van der Waals surface area contributed by atoms with E-state index in [1.54, 1.807) is 12.1 Å². The van der Waals surface area contributed by atoms with Gasteiger partial charge in [-0.3, -0.25) is 0 Å². The van der Waals surface area contributed by atoms with Crippen LogP contribution in [0.1, 0.15) is 10.4 Å². The zero-order valence-corrected chi connectivity index (χ0v) is 10.2.